The van der Waals surface area contributed by atoms with E-state index in [4.69, 9.17) is 20.1 Å². The molecule has 1 rings (SSSR count). The molecule has 0 aliphatic carbocycles. The zero-order valence-corrected chi connectivity index (χ0v) is 5.60. The highest BCUT2D eigenvalue weighted by atomic mass is 16.5. The first-order chi connectivity index (χ1) is 4.72. The number of ether oxygens (including phenoxy) is 1. The van der Waals surface area contributed by atoms with Gasteiger partial charge < -0.3 is 20.1 Å². The number of hydrogen-bond donors (Lipinski definition) is 3. The predicted molar refractivity (Wildman–Crippen MR) is 33.5 cm³/mol. The molecule has 1 aliphatic heterocycles. The Hall–Kier alpha value is -0.160. The van der Waals surface area contributed by atoms with Crippen molar-refractivity contribution in [1.82, 2.24) is 0 Å². The van der Waals surface area contributed by atoms with Crippen LogP contribution < -0.4 is 0 Å². The molecule has 0 spiro atoms. The minimum absolute atomic E-state index is 0.109. The second kappa shape index (κ2) is 3.30. The largest absolute Gasteiger partial charge is 0.390 e. The molecule has 0 saturated carbocycles. The first-order valence-electron chi connectivity index (χ1n) is 3.34. The van der Waals surface area contributed by atoms with Crippen LogP contribution in [0.5, 0.6) is 0 Å². The summed E-state index contributed by atoms with van der Waals surface area (Å²) in [5, 5.41) is 27.1. The first-order valence-corrected chi connectivity index (χ1v) is 3.34. The van der Waals surface area contributed by atoms with E-state index in [0.717, 1.165) is 0 Å². The summed E-state index contributed by atoms with van der Waals surface area (Å²) in [5.41, 5.74) is 0. The lowest BCUT2D eigenvalue weighted by Crippen LogP contribution is -2.37. The van der Waals surface area contributed by atoms with E-state index >= 15 is 0 Å². The van der Waals surface area contributed by atoms with E-state index in [1.54, 1.807) is 0 Å². The third-order valence-corrected chi connectivity index (χ3v) is 1.64. The highest BCUT2D eigenvalue weighted by Crippen LogP contribution is 2.09. The Bertz CT molecular complexity index is 93.9. The van der Waals surface area contributed by atoms with Gasteiger partial charge >= 0.3 is 0 Å². The van der Waals surface area contributed by atoms with Gasteiger partial charge in [0.2, 0.25) is 0 Å². The summed E-state index contributed by atoms with van der Waals surface area (Å²) in [6.07, 6.45) is -2.46. The zero-order chi connectivity index (χ0) is 7.56. The highest BCUT2D eigenvalue weighted by molar-refractivity contribution is 4.77. The van der Waals surface area contributed by atoms with Crippen LogP contribution in [0.3, 0.4) is 0 Å². The van der Waals surface area contributed by atoms with Crippen LogP contribution in [0, 0.1) is 0 Å². The molecule has 3 atom stereocenters. The molecular weight excluding hydrogens is 136 g/mol. The van der Waals surface area contributed by atoms with Crippen molar-refractivity contribution >= 4 is 0 Å². The number of rotatable bonds is 0. The normalized spacial score (nSPS) is 42.9. The maximum atomic E-state index is 9.05. The average Bonchev–Trinajstić information content (AvgIpc) is 2.04. The van der Waals surface area contributed by atoms with Gasteiger partial charge in [-0.3, -0.25) is 0 Å². The van der Waals surface area contributed by atoms with Crippen LogP contribution in [0.4, 0.5) is 0 Å². The summed E-state index contributed by atoms with van der Waals surface area (Å²) < 4.78 is 4.88. The molecule has 3 N–H and O–H groups in total. The van der Waals surface area contributed by atoms with Gasteiger partial charge in [0, 0.05) is 6.61 Å². The second-order valence-corrected chi connectivity index (χ2v) is 2.49. The highest BCUT2D eigenvalue weighted by Gasteiger charge is 2.27. The lowest BCUT2D eigenvalue weighted by molar-refractivity contribution is -0.0610. The van der Waals surface area contributed by atoms with Crippen molar-refractivity contribution in [3.8, 4) is 0 Å². The fourth-order valence-electron chi connectivity index (χ4n) is 0.934. The van der Waals surface area contributed by atoms with Gasteiger partial charge in [-0.1, -0.05) is 0 Å². The Kier molecular flexibility index (Phi) is 2.62. The van der Waals surface area contributed by atoms with Crippen molar-refractivity contribution in [2.45, 2.75) is 24.7 Å². The molecule has 1 fully saturated rings. The molecule has 4 heteroatoms. The first kappa shape index (κ1) is 7.94. The molecule has 0 aromatic rings. The smallest absolute Gasteiger partial charge is 0.108 e. The van der Waals surface area contributed by atoms with Crippen LogP contribution in [0.15, 0.2) is 0 Å². The third kappa shape index (κ3) is 1.67. The quantitative estimate of drug-likeness (QED) is 0.390. The molecule has 0 bridgehead atoms. The van der Waals surface area contributed by atoms with E-state index in [1.165, 1.54) is 0 Å². The molecule has 0 aromatic heterocycles. The van der Waals surface area contributed by atoms with Crippen molar-refractivity contribution in [3.05, 3.63) is 0 Å². The van der Waals surface area contributed by atoms with Crippen LogP contribution in [-0.4, -0.2) is 46.8 Å². The minimum atomic E-state index is -1.05. The molecule has 0 aromatic carbocycles. The van der Waals surface area contributed by atoms with Crippen molar-refractivity contribution in [1.29, 1.82) is 0 Å². The number of hydrogen-bond acceptors (Lipinski definition) is 4. The SMILES string of the molecule is OC1CCOCC(O)C1O. The van der Waals surface area contributed by atoms with Crippen molar-refractivity contribution in [3.63, 3.8) is 0 Å². The number of aliphatic hydroxyl groups is 3. The Morgan fingerprint density at radius 2 is 1.80 bits per heavy atom. The van der Waals surface area contributed by atoms with E-state index in [0.29, 0.717) is 13.0 Å². The lowest BCUT2D eigenvalue weighted by atomic mass is 10.1. The maximum Gasteiger partial charge on any atom is 0.108 e. The fraction of sp³-hybridized carbons (Fsp3) is 1.00. The Morgan fingerprint density at radius 3 is 2.50 bits per heavy atom. The van der Waals surface area contributed by atoms with Crippen molar-refractivity contribution in [2.75, 3.05) is 13.2 Å². The van der Waals surface area contributed by atoms with Crippen LogP contribution in [0.25, 0.3) is 0 Å². The molecule has 1 heterocycles. The Labute approximate surface area is 59.1 Å². The minimum Gasteiger partial charge on any atom is -0.390 e. The summed E-state index contributed by atoms with van der Waals surface area (Å²) in [7, 11) is 0. The molecule has 60 valence electrons. The summed E-state index contributed by atoms with van der Waals surface area (Å²) in [6, 6.07) is 0. The second-order valence-electron chi connectivity index (χ2n) is 2.49. The Balaban J connectivity index is 2.46. The molecular formula is C6H12O4. The maximum absolute atomic E-state index is 9.05. The van der Waals surface area contributed by atoms with Crippen molar-refractivity contribution in [2.24, 2.45) is 0 Å². The van der Waals surface area contributed by atoms with Crippen LogP contribution >= 0.6 is 0 Å². The summed E-state index contributed by atoms with van der Waals surface area (Å²) in [4.78, 5) is 0. The van der Waals surface area contributed by atoms with Gasteiger partial charge in [-0.2, -0.15) is 0 Å². The molecule has 0 radical (unpaired) electrons. The third-order valence-electron chi connectivity index (χ3n) is 1.64. The molecule has 10 heavy (non-hydrogen) atoms. The van der Waals surface area contributed by atoms with E-state index < -0.39 is 18.3 Å². The standard InChI is InChI=1S/C6H12O4/c7-4-1-2-10-3-5(8)6(4)9/h4-9H,1-3H2. The summed E-state index contributed by atoms with van der Waals surface area (Å²) in [6.45, 7) is 0.507. The molecule has 0 amide bonds. The lowest BCUT2D eigenvalue weighted by Gasteiger charge is -2.17. The van der Waals surface area contributed by atoms with Crippen LogP contribution in [0.2, 0.25) is 0 Å². The van der Waals surface area contributed by atoms with E-state index in [-0.39, 0.29) is 6.61 Å². The molecule has 3 unspecified atom stereocenters. The van der Waals surface area contributed by atoms with Crippen molar-refractivity contribution < 1.29 is 20.1 Å². The van der Waals surface area contributed by atoms with Gasteiger partial charge in [-0.25, -0.2) is 0 Å². The molecule has 1 aliphatic rings. The van der Waals surface area contributed by atoms with Gasteiger partial charge in [0.1, 0.15) is 12.2 Å². The van der Waals surface area contributed by atoms with Crippen LogP contribution in [-0.2, 0) is 4.74 Å². The van der Waals surface area contributed by atoms with E-state index in [1.807, 2.05) is 0 Å². The zero-order valence-electron chi connectivity index (χ0n) is 5.60. The van der Waals surface area contributed by atoms with E-state index in [9.17, 15) is 0 Å². The molecule has 1 saturated heterocycles. The fourth-order valence-corrected chi connectivity index (χ4v) is 0.934. The summed E-state index contributed by atoms with van der Waals surface area (Å²) >= 11 is 0. The van der Waals surface area contributed by atoms with Gasteiger partial charge in [0.25, 0.3) is 0 Å². The van der Waals surface area contributed by atoms with Gasteiger partial charge in [0.05, 0.1) is 12.7 Å². The monoisotopic (exact) mass is 148 g/mol. The van der Waals surface area contributed by atoms with E-state index in [2.05, 4.69) is 0 Å². The topological polar surface area (TPSA) is 69.9 Å². The predicted octanol–water partition coefficient (Wildman–Crippen LogP) is -1.51. The van der Waals surface area contributed by atoms with Gasteiger partial charge in [-0.05, 0) is 6.42 Å². The van der Waals surface area contributed by atoms with Gasteiger partial charge in [0.15, 0.2) is 0 Å². The number of aliphatic hydroxyl groups excluding tert-OH is 3. The van der Waals surface area contributed by atoms with Crippen LogP contribution in [0.1, 0.15) is 6.42 Å². The summed E-state index contributed by atoms with van der Waals surface area (Å²) in [5.74, 6) is 0. The average molecular weight is 148 g/mol. The molecule has 4 nitrogen and oxygen atoms in total. The van der Waals surface area contributed by atoms with Gasteiger partial charge in [-0.15, -0.1) is 0 Å². The Morgan fingerprint density at radius 1 is 1.10 bits per heavy atom.